The number of hydrogen-bond donors (Lipinski definition) is 1. The van der Waals surface area contributed by atoms with Crippen LogP contribution in [-0.4, -0.2) is 60.9 Å². The van der Waals surface area contributed by atoms with Crippen molar-refractivity contribution in [2.45, 2.75) is 25.5 Å². The highest BCUT2D eigenvalue weighted by atomic mass is 32.2. The van der Waals surface area contributed by atoms with Crippen molar-refractivity contribution in [3.63, 3.8) is 0 Å². The van der Waals surface area contributed by atoms with E-state index in [0.29, 0.717) is 22.6 Å². The normalized spacial score (nSPS) is 20.0. The molecule has 3 rings (SSSR count). The van der Waals surface area contributed by atoms with E-state index < -0.39 is 27.8 Å². The molecule has 2 unspecified atom stereocenters. The number of anilines is 1. The number of aromatic nitrogens is 1. The Kier molecular flexibility index (Phi) is 4.89. The highest BCUT2D eigenvalue weighted by Crippen LogP contribution is 2.25. The number of amides is 1. The van der Waals surface area contributed by atoms with Gasteiger partial charge in [0.05, 0.1) is 27.3 Å². The van der Waals surface area contributed by atoms with Crippen LogP contribution in [0, 0.1) is 0 Å². The third kappa shape index (κ3) is 3.80. The van der Waals surface area contributed by atoms with Crippen molar-refractivity contribution in [3.05, 3.63) is 23.8 Å². The van der Waals surface area contributed by atoms with Gasteiger partial charge in [-0.2, -0.15) is 0 Å². The van der Waals surface area contributed by atoms with E-state index in [-0.39, 0.29) is 17.5 Å². The Bertz CT molecular complexity index is 969. The highest BCUT2D eigenvalue weighted by Gasteiger charge is 2.35. The number of benzene rings is 1. The summed E-state index contributed by atoms with van der Waals surface area (Å²) in [6.07, 6.45) is -0.618. The van der Waals surface area contributed by atoms with Gasteiger partial charge in [-0.15, -0.1) is 0 Å². The topological polar surface area (TPSA) is 120 Å². The van der Waals surface area contributed by atoms with Gasteiger partial charge >= 0.3 is 5.97 Å². The number of esters is 1. The fourth-order valence-corrected chi connectivity index (χ4v) is 5.44. The van der Waals surface area contributed by atoms with Crippen LogP contribution in [0.3, 0.4) is 0 Å². The van der Waals surface area contributed by atoms with Crippen LogP contribution in [0.15, 0.2) is 18.2 Å². The first-order valence-corrected chi connectivity index (χ1v) is 10.6. The summed E-state index contributed by atoms with van der Waals surface area (Å²) in [5.41, 5.74) is 6.64. The number of nitrogen functional groups attached to an aromatic ring is 1. The highest BCUT2D eigenvalue weighted by molar-refractivity contribution is 7.91. The van der Waals surface area contributed by atoms with E-state index in [0.717, 1.165) is 4.70 Å². The van der Waals surface area contributed by atoms with Crippen LogP contribution in [0.25, 0.3) is 10.2 Å². The number of sulfone groups is 1. The smallest absolute Gasteiger partial charge is 0.338 e. The number of thiazole rings is 1. The molecule has 2 heterocycles. The van der Waals surface area contributed by atoms with Crippen LogP contribution in [0.2, 0.25) is 0 Å². The first-order chi connectivity index (χ1) is 12.2. The molecule has 1 aliphatic heterocycles. The average molecular weight is 397 g/mol. The number of rotatable bonds is 4. The second-order valence-corrected chi connectivity index (χ2v) is 9.58. The predicted octanol–water partition coefficient (Wildman–Crippen LogP) is 1.07. The predicted molar refractivity (Wildman–Crippen MR) is 98.7 cm³/mol. The minimum absolute atomic E-state index is 0.0562. The Hall–Kier alpha value is -2.20. The van der Waals surface area contributed by atoms with E-state index in [1.165, 1.54) is 30.2 Å². The molecule has 1 aromatic carbocycles. The lowest BCUT2D eigenvalue weighted by molar-refractivity contribution is -0.140. The zero-order chi connectivity index (χ0) is 19.1. The van der Waals surface area contributed by atoms with Gasteiger partial charge in [-0.3, -0.25) is 4.79 Å². The zero-order valence-corrected chi connectivity index (χ0v) is 16.0. The molecule has 2 atom stereocenters. The summed E-state index contributed by atoms with van der Waals surface area (Å²) >= 11 is 1.26. The van der Waals surface area contributed by atoms with Gasteiger partial charge in [0.1, 0.15) is 0 Å². The van der Waals surface area contributed by atoms with Crippen LogP contribution in [0.1, 0.15) is 23.7 Å². The Morgan fingerprint density at radius 1 is 1.42 bits per heavy atom. The second kappa shape index (κ2) is 6.84. The van der Waals surface area contributed by atoms with Gasteiger partial charge in [-0.1, -0.05) is 11.3 Å². The van der Waals surface area contributed by atoms with Crippen molar-refractivity contribution in [2.24, 2.45) is 0 Å². The third-order valence-corrected chi connectivity index (χ3v) is 6.97. The van der Waals surface area contributed by atoms with E-state index in [1.54, 1.807) is 18.2 Å². The fraction of sp³-hybridized carbons (Fsp3) is 0.438. The summed E-state index contributed by atoms with van der Waals surface area (Å²) in [6.45, 7) is 1.48. The molecule has 26 heavy (non-hydrogen) atoms. The zero-order valence-electron chi connectivity index (χ0n) is 14.3. The van der Waals surface area contributed by atoms with Crippen molar-refractivity contribution < 1.29 is 22.7 Å². The van der Waals surface area contributed by atoms with Gasteiger partial charge in [-0.05, 0) is 31.5 Å². The molecule has 1 amide bonds. The minimum Gasteiger partial charge on any atom is -0.449 e. The molecule has 2 aromatic rings. The SMILES string of the molecule is CC(OC(=O)c1ccc2nc(N)sc2c1)C(=O)N(C)C1CCS(=O)(=O)C1. The van der Waals surface area contributed by atoms with Gasteiger partial charge in [0.2, 0.25) is 0 Å². The Balaban J connectivity index is 1.66. The van der Waals surface area contributed by atoms with Crippen LogP contribution in [0.5, 0.6) is 0 Å². The Morgan fingerprint density at radius 2 is 2.15 bits per heavy atom. The van der Waals surface area contributed by atoms with Gasteiger partial charge in [0, 0.05) is 13.1 Å². The van der Waals surface area contributed by atoms with Crippen LogP contribution in [0.4, 0.5) is 5.13 Å². The molecule has 0 aliphatic carbocycles. The minimum atomic E-state index is -3.10. The van der Waals surface area contributed by atoms with Gasteiger partial charge in [-0.25, -0.2) is 18.2 Å². The summed E-state index contributed by atoms with van der Waals surface area (Å²) in [5, 5.41) is 0.405. The molecule has 140 valence electrons. The largest absolute Gasteiger partial charge is 0.449 e. The number of fused-ring (bicyclic) bond motifs is 1. The Morgan fingerprint density at radius 3 is 2.81 bits per heavy atom. The van der Waals surface area contributed by atoms with Gasteiger partial charge in [0.25, 0.3) is 5.91 Å². The first kappa shape index (κ1) is 18.6. The summed E-state index contributed by atoms with van der Waals surface area (Å²) in [7, 11) is -1.57. The number of nitrogens with zero attached hydrogens (tertiary/aromatic N) is 2. The maximum atomic E-state index is 12.5. The molecule has 0 spiro atoms. The van der Waals surface area contributed by atoms with E-state index in [1.807, 2.05) is 0 Å². The van der Waals surface area contributed by atoms with Crippen molar-refractivity contribution in [2.75, 3.05) is 24.3 Å². The molecule has 0 saturated carbocycles. The maximum Gasteiger partial charge on any atom is 0.338 e. The number of carbonyl (C=O) groups is 2. The lowest BCUT2D eigenvalue weighted by Gasteiger charge is -2.26. The van der Waals surface area contributed by atoms with Crippen LogP contribution >= 0.6 is 11.3 Å². The molecule has 10 heteroatoms. The fourth-order valence-electron chi connectivity index (χ4n) is 2.90. The summed E-state index contributed by atoms with van der Waals surface area (Å²) < 4.78 is 29.2. The lowest BCUT2D eigenvalue weighted by atomic mass is 10.2. The second-order valence-electron chi connectivity index (χ2n) is 6.29. The monoisotopic (exact) mass is 397 g/mol. The lowest BCUT2D eigenvalue weighted by Crippen LogP contribution is -2.44. The standard InChI is InChI=1S/C16H19N3O5S2/c1-9(14(20)19(2)11-5-6-26(22,23)8-11)24-15(21)10-3-4-12-13(7-10)25-16(17)18-12/h3-4,7,9,11H,5-6,8H2,1-2H3,(H2,17,18). The number of hydrogen-bond acceptors (Lipinski definition) is 8. The van der Waals surface area contributed by atoms with E-state index in [4.69, 9.17) is 10.5 Å². The molecule has 1 fully saturated rings. The third-order valence-electron chi connectivity index (χ3n) is 4.38. The first-order valence-electron chi connectivity index (χ1n) is 8.00. The molecule has 1 saturated heterocycles. The average Bonchev–Trinajstić information content (AvgIpc) is 3.13. The molecule has 2 N–H and O–H groups in total. The molecular formula is C16H19N3O5S2. The molecule has 1 aromatic heterocycles. The quantitative estimate of drug-likeness (QED) is 0.766. The van der Waals surface area contributed by atoms with Gasteiger partial charge in [0.15, 0.2) is 21.1 Å². The van der Waals surface area contributed by atoms with E-state index >= 15 is 0 Å². The number of likely N-dealkylation sites (N-methyl/N-ethyl adjacent to an activating group) is 1. The summed E-state index contributed by atoms with van der Waals surface area (Å²) in [4.78, 5) is 30.2. The summed E-state index contributed by atoms with van der Waals surface area (Å²) in [5.74, 6) is -1.04. The molecule has 8 nitrogen and oxygen atoms in total. The summed E-state index contributed by atoms with van der Waals surface area (Å²) in [6, 6.07) is 4.47. The van der Waals surface area contributed by atoms with Crippen molar-refractivity contribution >= 4 is 48.4 Å². The number of nitrogens with two attached hydrogens (primary N) is 1. The van der Waals surface area contributed by atoms with Crippen LogP contribution in [-0.2, 0) is 19.4 Å². The van der Waals surface area contributed by atoms with Crippen molar-refractivity contribution in [3.8, 4) is 0 Å². The van der Waals surface area contributed by atoms with Crippen molar-refractivity contribution in [1.82, 2.24) is 9.88 Å². The van der Waals surface area contributed by atoms with Crippen molar-refractivity contribution in [1.29, 1.82) is 0 Å². The van der Waals surface area contributed by atoms with Gasteiger partial charge < -0.3 is 15.4 Å². The molecule has 0 radical (unpaired) electrons. The Labute approximate surface area is 154 Å². The van der Waals surface area contributed by atoms with E-state index in [9.17, 15) is 18.0 Å². The number of carbonyl (C=O) groups excluding carboxylic acids is 2. The maximum absolute atomic E-state index is 12.5. The molecule has 0 bridgehead atoms. The van der Waals surface area contributed by atoms with E-state index in [2.05, 4.69) is 4.98 Å². The molecule has 1 aliphatic rings. The molecular weight excluding hydrogens is 378 g/mol. The van der Waals surface area contributed by atoms with Crippen LogP contribution < -0.4 is 5.73 Å². The number of ether oxygens (including phenoxy) is 1.